The van der Waals surface area contributed by atoms with Crippen LogP contribution in [-0.2, 0) is 0 Å². The number of fused-ring (bicyclic) bond motifs is 1. The maximum absolute atomic E-state index is 11.0. The van der Waals surface area contributed by atoms with Gasteiger partial charge in [0.2, 0.25) is 5.95 Å². The zero-order chi connectivity index (χ0) is 19.5. The Bertz CT molecular complexity index is 1150. The molecular formula is C19H15N5O4. The fourth-order valence-corrected chi connectivity index (χ4v) is 2.73. The van der Waals surface area contributed by atoms with Crippen LogP contribution in [0, 0.1) is 10.1 Å². The van der Waals surface area contributed by atoms with E-state index >= 15 is 0 Å². The Morgan fingerprint density at radius 1 is 1.25 bits per heavy atom. The van der Waals surface area contributed by atoms with Gasteiger partial charge in [-0.2, -0.15) is 5.10 Å². The predicted molar refractivity (Wildman–Crippen MR) is 105 cm³/mol. The van der Waals surface area contributed by atoms with Gasteiger partial charge in [0.25, 0.3) is 5.69 Å². The van der Waals surface area contributed by atoms with Gasteiger partial charge in [-0.05, 0) is 30.3 Å². The lowest BCUT2D eigenvalue weighted by molar-refractivity contribution is -0.384. The van der Waals surface area contributed by atoms with Gasteiger partial charge in [0.1, 0.15) is 17.3 Å². The molecule has 0 atom stereocenters. The highest BCUT2D eigenvalue weighted by molar-refractivity contribution is 5.80. The number of anilines is 1. The van der Waals surface area contributed by atoms with Gasteiger partial charge >= 0.3 is 0 Å². The monoisotopic (exact) mass is 377 g/mol. The van der Waals surface area contributed by atoms with Crippen molar-refractivity contribution in [2.24, 2.45) is 5.10 Å². The van der Waals surface area contributed by atoms with Crippen molar-refractivity contribution in [2.45, 2.75) is 0 Å². The molecule has 140 valence electrons. The molecule has 2 heterocycles. The molecule has 0 aliphatic heterocycles. The molecule has 2 aromatic heterocycles. The molecule has 0 radical (unpaired) electrons. The van der Waals surface area contributed by atoms with E-state index in [1.54, 1.807) is 12.1 Å². The highest BCUT2D eigenvalue weighted by Crippen LogP contribution is 2.34. The zero-order valence-corrected chi connectivity index (χ0v) is 14.7. The van der Waals surface area contributed by atoms with E-state index in [0.717, 1.165) is 11.0 Å². The Morgan fingerprint density at radius 2 is 2.11 bits per heavy atom. The Kier molecular flexibility index (Phi) is 4.47. The van der Waals surface area contributed by atoms with Gasteiger partial charge in [-0.25, -0.2) is 10.4 Å². The topological polar surface area (TPSA) is 119 Å². The molecule has 0 bridgehead atoms. The van der Waals surface area contributed by atoms with Gasteiger partial charge in [-0.1, -0.05) is 12.1 Å². The number of non-ortho nitro benzene ring substituents is 1. The number of imidazole rings is 1. The number of methoxy groups -OCH3 is 1. The van der Waals surface area contributed by atoms with E-state index in [-0.39, 0.29) is 5.69 Å². The highest BCUT2D eigenvalue weighted by atomic mass is 16.6. The molecule has 0 unspecified atom stereocenters. The van der Waals surface area contributed by atoms with E-state index in [2.05, 4.69) is 20.5 Å². The lowest BCUT2D eigenvalue weighted by Crippen LogP contribution is -1.92. The standard InChI is InChI=1S/C19H15N5O4/c1-27-17-8-6-12(24(25)26)10-14(17)18-9-7-13(28-18)11-20-23-19-21-15-4-2-3-5-16(15)22-19/h2-11H,1H3,(H2,21,22,23). The normalized spacial score (nSPS) is 11.2. The fraction of sp³-hybridized carbons (Fsp3) is 0.0526. The Labute approximate surface area is 158 Å². The number of aromatic nitrogens is 2. The molecule has 0 saturated carbocycles. The summed E-state index contributed by atoms with van der Waals surface area (Å²) in [5.74, 6) is 1.88. The minimum absolute atomic E-state index is 0.0473. The number of nitro groups is 1. The Balaban J connectivity index is 1.53. The third kappa shape index (κ3) is 3.40. The second-order valence-corrected chi connectivity index (χ2v) is 5.82. The molecule has 2 N–H and O–H groups in total. The first-order valence-corrected chi connectivity index (χ1v) is 8.30. The van der Waals surface area contributed by atoms with Crippen LogP contribution in [0.2, 0.25) is 0 Å². The van der Waals surface area contributed by atoms with E-state index in [9.17, 15) is 10.1 Å². The fourth-order valence-electron chi connectivity index (χ4n) is 2.73. The van der Waals surface area contributed by atoms with Gasteiger partial charge < -0.3 is 14.1 Å². The third-order valence-corrected chi connectivity index (χ3v) is 4.04. The quantitative estimate of drug-likeness (QED) is 0.295. The minimum atomic E-state index is -0.467. The van der Waals surface area contributed by atoms with E-state index in [4.69, 9.17) is 9.15 Å². The number of hydrogen-bond acceptors (Lipinski definition) is 7. The van der Waals surface area contributed by atoms with Crippen LogP contribution in [0.15, 0.2) is 64.1 Å². The number of para-hydroxylation sites is 2. The van der Waals surface area contributed by atoms with Crippen LogP contribution >= 0.6 is 0 Å². The number of ether oxygens (including phenoxy) is 1. The Hall–Kier alpha value is -4.14. The number of nitrogens with one attached hydrogen (secondary N) is 2. The predicted octanol–water partition coefficient (Wildman–Crippen LogP) is 4.19. The van der Waals surface area contributed by atoms with Crippen LogP contribution in [0.25, 0.3) is 22.4 Å². The third-order valence-electron chi connectivity index (χ3n) is 4.04. The molecule has 28 heavy (non-hydrogen) atoms. The SMILES string of the molecule is COc1ccc([N+](=O)[O-])cc1-c1ccc(C=NNc2nc3ccccc3[nH]2)o1. The largest absolute Gasteiger partial charge is 0.496 e. The summed E-state index contributed by atoms with van der Waals surface area (Å²) in [5.41, 5.74) is 4.98. The van der Waals surface area contributed by atoms with Gasteiger partial charge in [-0.3, -0.25) is 10.1 Å². The van der Waals surface area contributed by atoms with Crippen molar-refractivity contribution in [3.8, 4) is 17.1 Å². The highest BCUT2D eigenvalue weighted by Gasteiger charge is 2.15. The molecular weight excluding hydrogens is 362 g/mol. The number of nitro benzene ring substituents is 1. The van der Waals surface area contributed by atoms with Crippen molar-refractivity contribution in [1.29, 1.82) is 0 Å². The second-order valence-electron chi connectivity index (χ2n) is 5.82. The van der Waals surface area contributed by atoms with Crippen molar-refractivity contribution in [3.05, 3.63) is 70.5 Å². The van der Waals surface area contributed by atoms with Crippen LogP contribution in [0.3, 0.4) is 0 Å². The van der Waals surface area contributed by atoms with E-state index in [1.165, 1.54) is 31.5 Å². The number of H-pyrrole nitrogens is 1. The first kappa shape index (κ1) is 17.3. The number of benzene rings is 2. The van der Waals surface area contributed by atoms with Crippen molar-refractivity contribution in [3.63, 3.8) is 0 Å². The number of furan rings is 1. The number of rotatable bonds is 6. The van der Waals surface area contributed by atoms with Gasteiger partial charge in [0.05, 0.1) is 34.8 Å². The first-order valence-electron chi connectivity index (χ1n) is 8.30. The van der Waals surface area contributed by atoms with Crippen LogP contribution in [-0.4, -0.2) is 28.2 Å². The Morgan fingerprint density at radius 3 is 2.89 bits per heavy atom. The summed E-state index contributed by atoms with van der Waals surface area (Å²) in [6.45, 7) is 0. The van der Waals surface area contributed by atoms with Crippen molar-refractivity contribution in [1.82, 2.24) is 9.97 Å². The molecule has 0 amide bonds. The maximum Gasteiger partial charge on any atom is 0.270 e. The lowest BCUT2D eigenvalue weighted by atomic mass is 10.1. The van der Waals surface area contributed by atoms with Crippen molar-refractivity contribution < 1.29 is 14.1 Å². The van der Waals surface area contributed by atoms with Gasteiger partial charge in [0.15, 0.2) is 0 Å². The molecule has 0 aliphatic carbocycles. The number of nitrogens with zero attached hydrogens (tertiary/aromatic N) is 3. The van der Waals surface area contributed by atoms with Gasteiger partial charge in [0, 0.05) is 12.1 Å². The van der Waals surface area contributed by atoms with Crippen LogP contribution < -0.4 is 10.2 Å². The first-order chi connectivity index (χ1) is 13.6. The number of aromatic amines is 1. The molecule has 0 aliphatic rings. The van der Waals surface area contributed by atoms with E-state index in [1.807, 2.05) is 24.3 Å². The summed E-state index contributed by atoms with van der Waals surface area (Å²) in [6, 6.07) is 15.4. The van der Waals surface area contributed by atoms with E-state index < -0.39 is 4.92 Å². The molecule has 0 fully saturated rings. The zero-order valence-electron chi connectivity index (χ0n) is 14.7. The van der Waals surface area contributed by atoms with Crippen LogP contribution in [0.1, 0.15) is 5.76 Å². The lowest BCUT2D eigenvalue weighted by Gasteiger charge is -2.05. The average Bonchev–Trinajstić information content (AvgIpc) is 3.34. The summed E-state index contributed by atoms with van der Waals surface area (Å²) in [4.78, 5) is 18.0. The van der Waals surface area contributed by atoms with Crippen molar-refractivity contribution >= 4 is 28.9 Å². The second kappa shape index (κ2) is 7.23. The summed E-state index contributed by atoms with van der Waals surface area (Å²) in [6.07, 6.45) is 1.49. The number of hydrogen-bond donors (Lipinski definition) is 2. The summed E-state index contributed by atoms with van der Waals surface area (Å²) < 4.78 is 11.0. The number of hydrazone groups is 1. The molecule has 9 nitrogen and oxygen atoms in total. The maximum atomic E-state index is 11.0. The smallest absolute Gasteiger partial charge is 0.270 e. The van der Waals surface area contributed by atoms with Crippen molar-refractivity contribution in [2.75, 3.05) is 12.5 Å². The van der Waals surface area contributed by atoms with Gasteiger partial charge in [-0.15, -0.1) is 0 Å². The van der Waals surface area contributed by atoms with E-state index in [0.29, 0.717) is 28.8 Å². The molecule has 4 aromatic rings. The summed E-state index contributed by atoms with van der Waals surface area (Å²) in [7, 11) is 1.49. The summed E-state index contributed by atoms with van der Waals surface area (Å²) in [5, 5.41) is 15.1. The van der Waals surface area contributed by atoms with Crippen LogP contribution in [0.4, 0.5) is 11.6 Å². The molecule has 4 rings (SSSR count). The molecule has 0 spiro atoms. The molecule has 2 aromatic carbocycles. The molecule has 9 heteroatoms. The minimum Gasteiger partial charge on any atom is -0.496 e. The molecule has 0 saturated heterocycles. The average molecular weight is 377 g/mol. The van der Waals surface area contributed by atoms with Crippen LogP contribution in [0.5, 0.6) is 5.75 Å². The summed E-state index contributed by atoms with van der Waals surface area (Å²) >= 11 is 0.